The van der Waals surface area contributed by atoms with Gasteiger partial charge in [-0.1, -0.05) is 15.9 Å². The summed E-state index contributed by atoms with van der Waals surface area (Å²) in [5.74, 6) is -0.235. The lowest BCUT2D eigenvalue weighted by Gasteiger charge is -2.03. The van der Waals surface area contributed by atoms with E-state index in [2.05, 4.69) is 36.9 Å². The fraction of sp³-hybridized carbons (Fsp3) is 0.125. The quantitative estimate of drug-likeness (QED) is 0.561. The van der Waals surface area contributed by atoms with Crippen LogP contribution in [0, 0.1) is 0 Å². The first-order valence-corrected chi connectivity index (χ1v) is 8.09. The summed E-state index contributed by atoms with van der Waals surface area (Å²) in [5.41, 5.74) is 1.73. The number of hydrogen-bond donors (Lipinski definition) is 1. The minimum Gasteiger partial charge on any atom is -0.506 e. The van der Waals surface area contributed by atoms with Gasteiger partial charge in [-0.25, -0.2) is 4.79 Å². The fourth-order valence-electron chi connectivity index (χ4n) is 1.73. The third-order valence-electron chi connectivity index (χ3n) is 2.79. The average Bonchev–Trinajstić information content (AvgIpc) is 2.50. The van der Waals surface area contributed by atoms with Crippen molar-refractivity contribution in [3.8, 4) is 5.75 Å². The van der Waals surface area contributed by atoms with Gasteiger partial charge in [0.25, 0.3) is 0 Å². The lowest BCUT2D eigenvalue weighted by atomic mass is 10.2. The summed E-state index contributed by atoms with van der Waals surface area (Å²) in [6.45, 7) is 2.11. The molecule has 1 N–H and O–H groups in total. The van der Waals surface area contributed by atoms with Gasteiger partial charge < -0.3 is 9.84 Å². The van der Waals surface area contributed by atoms with Gasteiger partial charge in [0, 0.05) is 16.3 Å². The number of aliphatic imine (C=N–C) groups is 1. The molecule has 0 aliphatic heterocycles. The molecule has 0 spiro atoms. The van der Waals surface area contributed by atoms with E-state index < -0.39 is 0 Å². The Balaban J connectivity index is 2.19. The molecule has 4 nitrogen and oxygen atoms in total. The van der Waals surface area contributed by atoms with E-state index in [4.69, 9.17) is 4.74 Å². The number of carbonyl (C=O) groups is 1. The van der Waals surface area contributed by atoms with E-state index in [9.17, 15) is 9.90 Å². The first-order valence-electron chi connectivity index (χ1n) is 6.50. The molecule has 0 radical (unpaired) electrons. The standard InChI is InChI=1S/C16H13Br2NO3/c1-2-22-16(21)10-3-5-13(6-4-10)19-9-11-7-12(17)8-14(18)15(11)20/h3-9,20H,2H2,1H3/b19-9+. The van der Waals surface area contributed by atoms with Gasteiger partial charge in [-0.3, -0.25) is 4.99 Å². The van der Waals surface area contributed by atoms with Gasteiger partial charge in [0.1, 0.15) is 5.75 Å². The molecule has 0 heterocycles. The van der Waals surface area contributed by atoms with Crippen molar-refractivity contribution in [3.63, 3.8) is 0 Å². The predicted octanol–water partition coefficient (Wildman–Crippen LogP) is 4.84. The molecule has 0 bridgehead atoms. The molecule has 0 atom stereocenters. The first kappa shape index (κ1) is 16.7. The molecule has 2 aromatic carbocycles. The van der Waals surface area contributed by atoms with Gasteiger partial charge in [0.05, 0.1) is 22.3 Å². The summed E-state index contributed by atoms with van der Waals surface area (Å²) in [4.78, 5) is 15.8. The maximum atomic E-state index is 11.6. The number of nitrogens with zero attached hydrogens (tertiary/aromatic N) is 1. The van der Waals surface area contributed by atoms with Crippen LogP contribution in [0.1, 0.15) is 22.8 Å². The van der Waals surface area contributed by atoms with Crippen molar-refractivity contribution in [2.45, 2.75) is 6.92 Å². The number of hydrogen-bond acceptors (Lipinski definition) is 4. The van der Waals surface area contributed by atoms with Crippen LogP contribution >= 0.6 is 31.9 Å². The zero-order chi connectivity index (χ0) is 16.1. The molecule has 0 saturated carbocycles. The number of ether oxygens (including phenoxy) is 1. The Bertz CT molecular complexity index is 712. The molecule has 0 aliphatic rings. The third-order valence-corrected chi connectivity index (χ3v) is 3.85. The summed E-state index contributed by atoms with van der Waals surface area (Å²) < 4.78 is 6.33. The van der Waals surface area contributed by atoms with Crippen molar-refractivity contribution in [3.05, 3.63) is 56.5 Å². The van der Waals surface area contributed by atoms with Gasteiger partial charge >= 0.3 is 5.97 Å². The normalized spacial score (nSPS) is 10.9. The van der Waals surface area contributed by atoms with E-state index in [0.717, 1.165) is 4.47 Å². The summed E-state index contributed by atoms with van der Waals surface area (Å²) in [6.07, 6.45) is 1.56. The minimum absolute atomic E-state index is 0.120. The Morgan fingerprint density at radius 2 is 1.95 bits per heavy atom. The van der Waals surface area contributed by atoms with Crippen LogP contribution in [0.15, 0.2) is 50.3 Å². The third kappa shape index (κ3) is 4.18. The van der Waals surface area contributed by atoms with E-state index in [1.807, 2.05) is 0 Å². The lowest BCUT2D eigenvalue weighted by Crippen LogP contribution is -2.03. The highest BCUT2D eigenvalue weighted by Crippen LogP contribution is 2.31. The highest BCUT2D eigenvalue weighted by atomic mass is 79.9. The van der Waals surface area contributed by atoms with Crippen LogP contribution in [0.3, 0.4) is 0 Å². The van der Waals surface area contributed by atoms with Gasteiger partial charge in [-0.05, 0) is 59.3 Å². The lowest BCUT2D eigenvalue weighted by molar-refractivity contribution is 0.0526. The number of carbonyl (C=O) groups excluding carboxylic acids is 1. The molecule has 6 heteroatoms. The van der Waals surface area contributed by atoms with E-state index in [1.54, 1.807) is 49.5 Å². The van der Waals surface area contributed by atoms with Crippen molar-refractivity contribution < 1.29 is 14.6 Å². The van der Waals surface area contributed by atoms with Gasteiger partial charge in [0.2, 0.25) is 0 Å². The van der Waals surface area contributed by atoms with E-state index >= 15 is 0 Å². The molecule has 0 saturated heterocycles. The largest absolute Gasteiger partial charge is 0.506 e. The molecule has 0 fully saturated rings. The molecular formula is C16H13Br2NO3. The van der Waals surface area contributed by atoms with Crippen LogP contribution in [0.5, 0.6) is 5.75 Å². The van der Waals surface area contributed by atoms with Crippen LogP contribution in [0.25, 0.3) is 0 Å². The molecular weight excluding hydrogens is 414 g/mol. The second-order valence-corrected chi connectivity index (χ2v) is 6.12. The molecule has 0 amide bonds. The Morgan fingerprint density at radius 3 is 2.59 bits per heavy atom. The van der Waals surface area contributed by atoms with Crippen LogP contribution in [0.4, 0.5) is 5.69 Å². The van der Waals surface area contributed by atoms with Crippen LogP contribution in [-0.2, 0) is 4.74 Å². The summed E-state index contributed by atoms with van der Waals surface area (Å²) in [5, 5.41) is 9.96. The van der Waals surface area contributed by atoms with E-state index in [0.29, 0.717) is 27.9 Å². The molecule has 0 unspecified atom stereocenters. The Labute approximate surface area is 145 Å². The highest BCUT2D eigenvalue weighted by molar-refractivity contribution is 9.11. The van der Waals surface area contributed by atoms with Gasteiger partial charge in [0.15, 0.2) is 0 Å². The van der Waals surface area contributed by atoms with E-state index in [-0.39, 0.29) is 11.7 Å². The number of phenols is 1. The second-order valence-electron chi connectivity index (χ2n) is 4.35. The molecule has 2 rings (SSSR count). The molecule has 0 aromatic heterocycles. The molecule has 22 heavy (non-hydrogen) atoms. The topological polar surface area (TPSA) is 58.9 Å². The Hall–Kier alpha value is -1.66. The minimum atomic E-state index is -0.355. The Morgan fingerprint density at radius 1 is 1.27 bits per heavy atom. The van der Waals surface area contributed by atoms with Crippen LogP contribution in [0.2, 0.25) is 0 Å². The van der Waals surface area contributed by atoms with Gasteiger partial charge in [-0.15, -0.1) is 0 Å². The number of benzene rings is 2. The average molecular weight is 427 g/mol. The molecule has 114 valence electrons. The van der Waals surface area contributed by atoms with Gasteiger partial charge in [-0.2, -0.15) is 0 Å². The van der Waals surface area contributed by atoms with Crippen molar-refractivity contribution in [1.82, 2.24) is 0 Å². The van der Waals surface area contributed by atoms with Crippen molar-refractivity contribution >= 4 is 49.7 Å². The maximum absolute atomic E-state index is 11.6. The first-order chi connectivity index (χ1) is 10.5. The van der Waals surface area contributed by atoms with Crippen molar-refractivity contribution in [1.29, 1.82) is 0 Å². The summed E-state index contributed by atoms with van der Waals surface area (Å²) >= 11 is 6.63. The zero-order valence-corrected chi connectivity index (χ0v) is 14.9. The number of rotatable bonds is 4. The SMILES string of the molecule is CCOC(=O)c1ccc(/N=C/c2cc(Br)cc(Br)c2O)cc1. The highest BCUT2D eigenvalue weighted by Gasteiger charge is 2.06. The number of phenolic OH excluding ortho intramolecular Hbond substituents is 1. The number of aromatic hydroxyl groups is 1. The number of halogens is 2. The summed E-state index contributed by atoms with van der Waals surface area (Å²) in [6, 6.07) is 10.2. The zero-order valence-electron chi connectivity index (χ0n) is 11.7. The predicted molar refractivity (Wildman–Crippen MR) is 93.2 cm³/mol. The smallest absolute Gasteiger partial charge is 0.338 e. The monoisotopic (exact) mass is 425 g/mol. The molecule has 0 aliphatic carbocycles. The Kier molecular flexibility index (Phi) is 5.74. The second kappa shape index (κ2) is 7.56. The fourth-order valence-corrected chi connectivity index (χ4v) is 2.98. The van der Waals surface area contributed by atoms with Crippen molar-refractivity contribution in [2.75, 3.05) is 6.61 Å². The van der Waals surface area contributed by atoms with Crippen molar-refractivity contribution in [2.24, 2.45) is 4.99 Å². The van der Waals surface area contributed by atoms with Crippen LogP contribution < -0.4 is 0 Å². The van der Waals surface area contributed by atoms with E-state index in [1.165, 1.54) is 0 Å². The maximum Gasteiger partial charge on any atom is 0.338 e. The van der Waals surface area contributed by atoms with Crippen LogP contribution in [-0.4, -0.2) is 23.9 Å². The molecule has 2 aromatic rings. The number of esters is 1. The summed E-state index contributed by atoms with van der Waals surface area (Å²) in [7, 11) is 0.